The van der Waals surface area contributed by atoms with E-state index in [1.54, 1.807) is 6.92 Å². The van der Waals surface area contributed by atoms with Crippen LogP contribution in [0.3, 0.4) is 0 Å². The van der Waals surface area contributed by atoms with Gasteiger partial charge in [-0.25, -0.2) is 4.79 Å². The Labute approximate surface area is 116 Å². The number of carboxylic acid groups (broad SMARTS) is 1. The molecule has 3 N–H and O–H groups in total. The van der Waals surface area contributed by atoms with Crippen LogP contribution in [-0.2, 0) is 0 Å². The van der Waals surface area contributed by atoms with Crippen LogP contribution in [0, 0.1) is 6.92 Å². The van der Waals surface area contributed by atoms with Gasteiger partial charge < -0.3 is 19.7 Å². The van der Waals surface area contributed by atoms with Gasteiger partial charge in [-0.15, -0.1) is 0 Å². The molecule has 0 atom stereocenters. The molecule has 0 amide bonds. The summed E-state index contributed by atoms with van der Waals surface area (Å²) in [6.45, 7) is 1.71. The monoisotopic (exact) mass is 287 g/mol. The molecule has 0 fully saturated rings. The molecule has 3 aromatic rings. The van der Waals surface area contributed by atoms with E-state index in [9.17, 15) is 19.8 Å². The zero-order valence-corrected chi connectivity index (χ0v) is 10.7. The number of aromatic hydroxyl groups is 2. The molecular formula is C14H9NO6. The van der Waals surface area contributed by atoms with Crippen molar-refractivity contribution in [1.82, 2.24) is 4.98 Å². The molecule has 2 heterocycles. The fourth-order valence-electron chi connectivity index (χ4n) is 2.19. The van der Waals surface area contributed by atoms with Crippen LogP contribution >= 0.6 is 0 Å². The predicted octanol–water partition coefficient (Wildman–Crippen LogP) is 1.76. The quantitative estimate of drug-likeness (QED) is 0.460. The average Bonchev–Trinajstić information content (AvgIpc) is 2.40. The Hall–Kier alpha value is -3.09. The second kappa shape index (κ2) is 4.20. The molecule has 0 unspecified atom stereocenters. The number of hydrogen-bond acceptors (Lipinski definition) is 6. The van der Waals surface area contributed by atoms with Crippen LogP contribution in [0.4, 0.5) is 0 Å². The highest BCUT2D eigenvalue weighted by Crippen LogP contribution is 2.35. The van der Waals surface area contributed by atoms with Crippen molar-refractivity contribution in [3.05, 3.63) is 39.8 Å². The zero-order valence-electron chi connectivity index (χ0n) is 10.7. The van der Waals surface area contributed by atoms with Gasteiger partial charge >= 0.3 is 5.97 Å². The minimum absolute atomic E-state index is 0.0979. The van der Waals surface area contributed by atoms with Crippen molar-refractivity contribution in [1.29, 1.82) is 0 Å². The number of carbonyl (C=O) groups is 1. The van der Waals surface area contributed by atoms with Crippen molar-refractivity contribution < 1.29 is 24.5 Å². The third-order valence-corrected chi connectivity index (χ3v) is 3.15. The van der Waals surface area contributed by atoms with Crippen LogP contribution in [-0.4, -0.2) is 26.3 Å². The summed E-state index contributed by atoms with van der Waals surface area (Å²) in [5, 5.41) is 28.2. The van der Waals surface area contributed by atoms with E-state index in [2.05, 4.69) is 4.98 Å². The van der Waals surface area contributed by atoms with E-state index >= 15 is 0 Å². The summed E-state index contributed by atoms with van der Waals surface area (Å²) in [5.41, 5.74) is -0.605. The highest BCUT2D eigenvalue weighted by Gasteiger charge is 2.23. The van der Waals surface area contributed by atoms with E-state index in [4.69, 9.17) is 9.52 Å². The third-order valence-electron chi connectivity index (χ3n) is 3.15. The zero-order chi connectivity index (χ0) is 15.3. The van der Waals surface area contributed by atoms with Crippen LogP contribution in [0.25, 0.3) is 21.9 Å². The van der Waals surface area contributed by atoms with Gasteiger partial charge in [0.15, 0.2) is 11.5 Å². The largest absolute Gasteiger partial charge is 0.504 e. The molecule has 0 bridgehead atoms. The van der Waals surface area contributed by atoms with Crippen molar-refractivity contribution in [2.24, 2.45) is 0 Å². The number of aromatic carboxylic acids is 1. The number of fused-ring (bicyclic) bond motifs is 2. The lowest BCUT2D eigenvalue weighted by molar-refractivity contribution is 0.0695. The molecule has 1 aromatic carbocycles. The maximum Gasteiger partial charge on any atom is 0.340 e. The minimum Gasteiger partial charge on any atom is -0.504 e. The Morgan fingerprint density at radius 3 is 2.62 bits per heavy atom. The molecule has 0 aliphatic rings. The Morgan fingerprint density at radius 1 is 1.24 bits per heavy atom. The molecule has 0 spiro atoms. The van der Waals surface area contributed by atoms with Gasteiger partial charge in [-0.2, -0.15) is 0 Å². The Bertz CT molecular complexity index is 973. The summed E-state index contributed by atoms with van der Waals surface area (Å²) in [6.07, 6.45) is 1.28. The van der Waals surface area contributed by atoms with Crippen LogP contribution < -0.4 is 5.43 Å². The van der Waals surface area contributed by atoms with Gasteiger partial charge in [0.25, 0.3) is 0 Å². The van der Waals surface area contributed by atoms with Gasteiger partial charge in [-0.05, 0) is 6.92 Å². The van der Waals surface area contributed by atoms with E-state index in [0.717, 1.165) is 6.07 Å². The standard InChI is InChI=1S/C14H9NO6/c1-5-2-8-6(4-15-5)12(17)10-9(21-8)3-7(16)13(18)11(10)14(19)20/h2-4,16,18H,1H3,(H,19,20). The van der Waals surface area contributed by atoms with Gasteiger partial charge in [0, 0.05) is 24.0 Å². The number of phenols is 2. The molecule has 7 nitrogen and oxygen atoms in total. The van der Waals surface area contributed by atoms with Crippen molar-refractivity contribution >= 4 is 27.9 Å². The van der Waals surface area contributed by atoms with Crippen molar-refractivity contribution in [3.8, 4) is 11.5 Å². The number of rotatable bonds is 1. The van der Waals surface area contributed by atoms with Crippen LogP contribution in [0.15, 0.2) is 27.5 Å². The lowest BCUT2D eigenvalue weighted by Gasteiger charge is -2.07. The molecule has 3 rings (SSSR count). The minimum atomic E-state index is -1.54. The number of hydrogen-bond donors (Lipinski definition) is 3. The maximum absolute atomic E-state index is 12.4. The SMILES string of the molecule is Cc1cc2oc3cc(O)c(O)c(C(=O)O)c3c(=O)c2cn1. The second-order valence-electron chi connectivity index (χ2n) is 4.55. The number of carboxylic acids is 1. The molecule has 21 heavy (non-hydrogen) atoms. The number of pyridine rings is 1. The lowest BCUT2D eigenvalue weighted by atomic mass is 10.1. The van der Waals surface area contributed by atoms with E-state index in [-0.39, 0.29) is 21.9 Å². The summed E-state index contributed by atoms with van der Waals surface area (Å²) >= 11 is 0. The molecule has 0 saturated heterocycles. The van der Waals surface area contributed by atoms with E-state index in [1.807, 2.05) is 0 Å². The predicted molar refractivity (Wildman–Crippen MR) is 72.8 cm³/mol. The van der Waals surface area contributed by atoms with Gasteiger partial charge in [-0.1, -0.05) is 0 Å². The number of phenolic OH excluding ortho intramolecular Hbond substituents is 1. The van der Waals surface area contributed by atoms with E-state index in [1.165, 1.54) is 12.3 Å². The molecule has 0 radical (unpaired) electrons. The number of nitrogens with zero attached hydrogens (tertiary/aromatic N) is 1. The smallest absolute Gasteiger partial charge is 0.340 e. The van der Waals surface area contributed by atoms with Crippen molar-refractivity contribution in [2.75, 3.05) is 0 Å². The molecule has 2 aromatic heterocycles. The van der Waals surface area contributed by atoms with Gasteiger partial charge in [-0.3, -0.25) is 9.78 Å². The summed E-state index contributed by atoms with van der Waals surface area (Å²) in [5.74, 6) is -3.09. The van der Waals surface area contributed by atoms with Gasteiger partial charge in [0.2, 0.25) is 5.43 Å². The fraction of sp³-hybridized carbons (Fsp3) is 0.0714. The second-order valence-corrected chi connectivity index (χ2v) is 4.55. The first-order chi connectivity index (χ1) is 9.90. The summed E-state index contributed by atoms with van der Waals surface area (Å²) in [4.78, 5) is 27.7. The fourth-order valence-corrected chi connectivity index (χ4v) is 2.19. The first-order valence-electron chi connectivity index (χ1n) is 5.91. The highest BCUT2D eigenvalue weighted by atomic mass is 16.4. The molecule has 0 aliphatic carbocycles. The number of aryl methyl sites for hydroxylation is 1. The van der Waals surface area contributed by atoms with Crippen LogP contribution in [0.2, 0.25) is 0 Å². The number of benzene rings is 1. The first-order valence-corrected chi connectivity index (χ1v) is 5.91. The molecule has 106 valence electrons. The summed E-state index contributed by atoms with van der Waals surface area (Å²) in [6, 6.07) is 2.54. The summed E-state index contributed by atoms with van der Waals surface area (Å²) < 4.78 is 5.46. The average molecular weight is 287 g/mol. The van der Waals surface area contributed by atoms with Crippen molar-refractivity contribution in [3.63, 3.8) is 0 Å². The van der Waals surface area contributed by atoms with E-state index < -0.39 is 28.5 Å². The van der Waals surface area contributed by atoms with E-state index in [0.29, 0.717) is 5.69 Å². The van der Waals surface area contributed by atoms with Crippen LogP contribution in [0.1, 0.15) is 16.1 Å². The lowest BCUT2D eigenvalue weighted by Crippen LogP contribution is -2.09. The van der Waals surface area contributed by atoms with Gasteiger partial charge in [0.05, 0.1) is 10.8 Å². The Morgan fingerprint density at radius 2 is 1.95 bits per heavy atom. The number of aromatic nitrogens is 1. The normalized spacial score (nSPS) is 11.1. The highest BCUT2D eigenvalue weighted by molar-refractivity contribution is 6.07. The van der Waals surface area contributed by atoms with Crippen molar-refractivity contribution in [2.45, 2.75) is 6.92 Å². The third kappa shape index (κ3) is 1.78. The first kappa shape index (κ1) is 12.9. The molecule has 0 saturated carbocycles. The molecule has 7 heteroatoms. The Balaban J connectivity index is 2.64. The van der Waals surface area contributed by atoms with Crippen LogP contribution in [0.5, 0.6) is 11.5 Å². The topological polar surface area (TPSA) is 121 Å². The van der Waals surface area contributed by atoms with Gasteiger partial charge in [0.1, 0.15) is 16.7 Å². The summed E-state index contributed by atoms with van der Waals surface area (Å²) in [7, 11) is 0. The maximum atomic E-state index is 12.4. The molecule has 0 aliphatic heterocycles. The Kier molecular flexibility index (Phi) is 2.59. The molecular weight excluding hydrogens is 278 g/mol.